The summed E-state index contributed by atoms with van der Waals surface area (Å²) in [4.78, 5) is 0. The van der Waals surface area contributed by atoms with Crippen molar-refractivity contribution in [2.45, 2.75) is 20.0 Å². The minimum atomic E-state index is -0.612. The van der Waals surface area contributed by atoms with E-state index in [0.29, 0.717) is 5.02 Å². The zero-order valence-electron chi connectivity index (χ0n) is 7.84. The molecule has 0 saturated heterocycles. The minimum Gasteiger partial charge on any atom is -0.384 e. The molecule has 1 atom stereocenters. The van der Waals surface area contributed by atoms with Crippen LogP contribution in [-0.2, 0) is 0 Å². The van der Waals surface area contributed by atoms with Crippen LogP contribution in [-0.4, -0.2) is 5.11 Å². The van der Waals surface area contributed by atoms with Crippen molar-refractivity contribution in [3.8, 4) is 0 Å². The van der Waals surface area contributed by atoms with Crippen molar-refractivity contribution < 1.29 is 5.11 Å². The summed E-state index contributed by atoms with van der Waals surface area (Å²) in [6.45, 7) is 7.40. The van der Waals surface area contributed by atoms with Gasteiger partial charge in [-0.2, -0.15) is 0 Å². The van der Waals surface area contributed by atoms with E-state index in [1.165, 1.54) is 0 Å². The number of aliphatic hydroxyl groups is 1. The third-order valence-electron chi connectivity index (χ3n) is 2.07. The average Bonchev–Trinajstić information content (AvgIpc) is 2.08. The van der Waals surface area contributed by atoms with Crippen molar-refractivity contribution in [3.63, 3.8) is 0 Å². The first-order valence-electron chi connectivity index (χ1n) is 4.12. The zero-order chi connectivity index (χ0) is 10.0. The van der Waals surface area contributed by atoms with Crippen LogP contribution in [0.1, 0.15) is 24.2 Å². The minimum absolute atomic E-state index is 0.612. The fourth-order valence-corrected chi connectivity index (χ4v) is 1.37. The molecule has 0 radical (unpaired) electrons. The number of hydrogen-bond donors (Lipinski definition) is 1. The van der Waals surface area contributed by atoms with Crippen molar-refractivity contribution in [1.29, 1.82) is 0 Å². The van der Waals surface area contributed by atoms with Crippen LogP contribution in [0, 0.1) is 6.92 Å². The lowest BCUT2D eigenvalue weighted by atomic mass is 9.99. The SMILES string of the molecule is C=C(C)C(O)c1cccc(Cl)c1C. The van der Waals surface area contributed by atoms with Gasteiger partial charge in [-0.25, -0.2) is 0 Å². The molecule has 1 N–H and O–H groups in total. The number of benzene rings is 1. The number of halogens is 1. The molecule has 1 aromatic rings. The number of rotatable bonds is 2. The summed E-state index contributed by atoms with van der Waals surface area (Å²) >= 11 is 5.92. The van der Waals surface area contributed by atoms with Crippen LogP contribution in [0.4, 0.5) is 0 Å². The fourth-order valence-electron chi connectivity index (χ4n) is 1.19. The Morgan fingerprint density at radius 1 is 1.54 bits per heavy atom. The van der Waals surface area contributed by atoms with Gasteiger partial charge in [-0.05, 0) is 36.6 Å². The fraction of sp³-hybridized carbons (Fsp3) is 0.273. The van der Waals surface area contributed by atoms with E-state index in [4.69, 9.17) is 11.6 Å². The number of aliphatic hydroxyl groups excluding tert-OH is 1. The van der Waals surface area contributed by atoms with Crippen molar-refractivity contribution in [3.05, 3.63) is 46.5 Å². The molecule has 0 saturated carbocycles. The molecular formula is C11H13ClO. The van der Waals surface area contributed by atoms with Crippen LogP contribution in [0.2, 0.25) is 5.02 Å². The summed E-state index contributed by atoms with van der Waals surface area (Å²) in [5.74, 6) is 0. The summed E-state index contributed by atoms with van der Waals surface area (Å²) in [5, 5.41) is 10.4. The zero-order valence-corrected chi connectivity index (χ0v) is 8.60. The van der Waals surface area contributed by atoms with E-state index in [2.05, 4.69) is 6.58 Å². The van der Waals surface area contributed by atoms with Gasteiger partial charge in [0.25, 0.3) is 0 Å². The summed E-state index contributed by atoms with van der Waals surface area (Å²) in [5.41, 5.74) is 2.48. The lowest BCUT2D eigenvalue weighted by molar-refractivity contribution is 0.215. The molecule has 1 nitrogen and oxygen atoms in total. The summed E-state index contributed by atoms with van der Waals surface area (Å²) in [6.07, 6.45) is -0.612. The van der Waals surface area contributed by atoms with Gasteiger partial charge in [-0.1, -0.05) is 30.3 Å². The Morgan fingerprint density at radius 2 is 2.15 bits per heavy atom. The van der Waals surface area contributed by atoms with Gasteiger partial charge in [0.1, 0.15) is 0 Å². The van der Waals surface area contributed by atoms with Crippen LogP contribution in [0.3, 0.4) is 0 Å². The van der Waals surface area contributed by atoms with Gasteiger partial charge in [-0.15, -0.1) is 0 Å². The predicted molar refractivity (Wildman–Crippen MR) is 56.0 cm³/mol. The van der Waals surface area contributed by atoms with Crippen molar-refractivity contribution in [1.82, 2.24) is 0 Å². The Kier molecular flexibility index (Phi) is 3.12. The van der Waals surface area contributed by atoms with Crippen molar-refractivity contribution in [2.24, 2.45) is 0 Å². The van der Waals surface area contributed by atoms with E-state index in [1.54, 1.807) is 6.92 Å². The van der Waals surface area contributed by atoms with E-state index in [-0.39, 0.29) is 0 Å². The second-order valence-corrected chi connectivity index (χ2v) is 3.61. The highest BCUT2D eigenvalue weighted by Crippen LogP contribution is 2.27. The van der Waals surface area contributed by atoms with E-state index in [1.807, 2.05) is 25.1 Å². The van der Waals surface area contributed by atoms with Gasteiger partial charge in [0.15, 0.2) is 0 Å². The normalized spacial score (nSPS) is 12.6. The maximum Gasteiger partial charge on any atom is 0.0998 e. The molecule has 0 aromatic heterocycles. The molecule has 70 valence electrons. The molecule has 0 amide bonds. The topological polar surface area (TPSA) is 20.2 Å². The van der Waals surface area contributed by atoms with Crippen LogP contribution in [0.25, 0.3) is 0 Å². The monoisotopic (exact) mass is 196 g/mol. The molecule has 0 spiro atoms. The first-order chi connectivity index (χ1) is 6.04. The Labute approximate surface area is 83.7 Å². The third kappa shape index (κ3) is 2.11. The first-order valence-corrected chi connectivity index (χ1v) is 4.50. The van der Waals surface area contributed by atoms with Crippen molar-refractivity contribution >= 4 is 11.6 Å². The molecule has 0 bridgehead atoms. The highest BCUT2D eigenvalue weighted by Gasteiger charge is 2.11. The summed E-state index contributed by atoms with van der Waals surface area (Å²) in [7, 11) is 0. The molecule has 0 fully saturated rings. The summed E-state index contributed by atoms with van der Waals surface area (Å²) in [6, 6.07) is 5.50. The molecule has 1 rings (SSSR count). The van der Waals surface area contributed by atoms with Crippen LogP contribution in [0.15, 0.2) is 30.4 Å². The van der Waals surface area contributed by atoms with Gasteiger partial charge in [0.2, 0.25) is 0 Å². The van der Waals surface area contributed by atoms with Gasteiger partial charge in [0.05, 0.1) is 6.10 Å². The average molecular weight is 197 g/mol. The highest BCUT2D eigenvalue weighted by molar-refractivity contribution is 6.31. The van der Waals surface area contributed by atoms with E-state index in [0.717, 1.165) is 16.7 Å². The van der Waals surface area contributed by atoms with Gasteiger partial charge < -0.3 is 5.11 Å². The summed E-state index contributed by atoms with van der Waals surface area (Å²) < 4.78 is 0. The van der Waals surface area contributed by atoms with Crippen LogP contribution >= 0.6 is 11.6 Å². The third-order valence-corrected chi connectivity index (χ3v) is 2.48. The molecule has 1 unspecified atom stereocenters. The molecule has 0 aliphatic carbocycles. The first kappa shape index (κ1) is 10.3. The van der Waals surface area contributed by atoms with E-state index >= 15 is 0 Å². The molecule has 2 heteroatoms. The van der Waals surface area contributed by atoms with Gasteiger partial charge in [0, 0.05) is 5.02 Å². The van der Waals surface area contributed by atoms with Gasteiger partial charge >= 0.3 is 0 Å². The standard InChI is InChI=1S/C11H13ClO/c1-7(2)11(13)9-5-4-6-10(12)8(9)3/h4-6,11,13H,1H2,2-3H3. The highest BCUT2D eigenvalue weighted by atomic mass is 35.5. The molecular weight excluding hydrogens is 184 g/mol. The largest absolute Gasteiger partial charge is 0.384 e. The van der Waals surface area contributed by atoms with Gasteiger partial charge in [-0.3, -0.25) is 0 Å². The Bertz CT molecular complexity index is 331. The smallest absolute Gasteiger partial charge is 0.0998 e. The van der Waals surface area contributed by atoms with Crippen LogP contribution in [0.5, 0.6) is 0 Å². The second kappa shape index (κ2) is 3.95. The molecule has 13 heavy (non-hydrogen) atoms. The molecule has 1 aromatic carbocycles. The second-order valence-electron chi connectivity index (χ2n) is 3.20. The molecule has 0 aliphatic rings. The lowest BCUT2D eigenvalue weighted by Gasteiger charge is -2.14. The van der Waals surface area contributed by atoms with Crippen LogP contribution < -0.4 is 0 Å². The maximum absolute atomic E-state index is 9.74. The Hall–Kier alpha value is -0.790. The lowest BCUT2D eigenvalue weighted by Crippen LogP contribution is -2.00. The van der Waals surface area contributed by atoms with E-state index in [9.17, 15) is 5.11 Å². The van der Waals surface area contributed by atoms with Crippen molar-refractivity contribution in [2.75, 3.05) is 0 Å². The Morgan fingerprint density at radius 3 is 2.69 bits per heavy atom. The molecule has 0 heterocycles. The maximum atomic E-state index is 9.74. The number of hydrogen-bond acceptors (Lipinski definition) is 1. The molecule has 0 aliphatic heterocycles. The Balaban J connectivity index is 3.15. The van der Waals surface area contributed by atoms with E-state index < -0.39 is 6.10 Å². The quantitative estimate of drug-likeness (QED) is 0.720. The predicted octanol–water partition coefficient (Wildman–Crippen LogP) is 3.26.